The Kier molecular flexibility index (Phi) is 4.78. The third kappa shape index (κ3) is 7.37. The largest absolute Gasteiger partial charge is 0.363 e. The maximum Gasteiger partial charge on any atom is 0.249 e. The molecule has 0 bridgehead atoms. The van der Waals surface area contributed by atoms with Crippen molar-refractivity contribution in [3.63, 3.8) is 0 Å². The summed E-state index contributed by atoms with van der Waals surface area (Å²) < 4.78 is 5.68. The van der Waals surface area contributed by atoms with Crippen LogP contribution in [-0.4, -0.2) is 23.2 Å². The number of ether oxygens (including phenoxy) is 1. The van der Waals surface area contributed by atoms with Crippen molar-refractivity contribution in [2.75, 3.05) is 0 Å². The molecule has 3 nitrogen and oxygen atoms in total. The van der Waals surface area contributed by atoms with Gasteiger partial charge in [0.25, 0.3) is 0 Å². The molecule has 1 N–H and O–H groups in total. The number of carbonyl (C=O) groups is 1. The van der Waals surface area contributed by atoms with Crippen LogP contribution in [0.5, 0.6) is 0 Å². The van der Waals surface area contributed by atoms with Crippen LogP contribution >= 0.6 is 0 Å². The summed E-state index contributed by atoms with van der Waals surface area (Å²) in [4.78, 5) is 11.8. The van der Waals surface area contributed by atoms with E-state index >= 15 is 0 Å². The van der Waals surface area contributed by atoms with Gasteiger partial charge < -0.3 is 10.1 Å². The minimum absolute atomic E-state index is 0.0278. The van der Waals surface area contributed by atoms with Gasteiger partial charge in [0.1, 0.15) is 6.10 Å². The van der Waals surface area contributed by atoms with Crippen LogP contribution in [0, 0.1) is 0 Å². The molecule has 0 radical (unpaired) electrons. The number of carbonyl (C=O) groups excluding carboxylic acids is 1. The topological polar surface area (TPSA) is 38.3 Å². The Morgan fingerprint density at radius 2 is 1.67 bits per heavy atom. The van der Waals surface area contributed by atoms with Gasteiger partial charge in [-0.05, 0) is 48.0 Å². The van der Waals surface area contributed by atoms with Gasteiger partial charge in [0.05, 0.1) is 5.60 Å². The highest BCUT2D eigenvalue weighted by molar-refractivity contribution is 5.81. The quantitative estimate of drug-likeness (QED) is 0.785. The second-order valence-electron chi connectivity index (χ2n) is 5.87. The van der Waals surface area contributed by atoms with E-state index in [4.69, 9.17) is 4.74 Å². The average molecular weight is 215 g/mol. The van der Waals surface area contributed by atoms with Crippen molar-refractivity contribution < 1.29 is 9.53 Å². The monoisotopic (exact) mass is 215 g/mol. The Bertz CT molecular complexity index is 211. The lowest BCUT2D eigenvalue weighted by Gasteiger charge is -2.29. The highest BCUT2D eigenvalue weighted by atomic mass is 16.5. The number of hydrogen-bond acceptors (Lipinski definition) is 2. The zero-order valence-electron chi connectivity index (χ0n) is 11.1. The van der Waals surface area contributed by atoms with Gasteiger partial charge >= 0.3 is 0 Å². The molecule has 1 unspecified atom stereocenters. The zero-order valence-corrected chi connectivity index (χ0v) is 11.1. The van der Waals surface area contributed by atoms with E-state index in [0.717, 1.165) is 0 Å². The lowest BCUT2D eigenvalue weighted by molar-refractivity contribution is -0.144. The Labute approximate surface area is 93.6 Å². The number of amides is 1. The summed E-state index contributed by atoms with van der Waals surface area (Å²) in [6.07, 6.45) is 0.336. The molecule has 0 aliphatic heterocycles. The van der Waals surface area contributed by atoms with Crippen molar-refractivity contribution in [2.45, 2.75) is 72.1 Å². The second kappa shape index (κ2) is 4.97. The van der Waals surface area contributed by atoms with Crippen molar-refractivity contribution in [1.29, 1.82) is 0 Å². The minimum Gasteiger partial charge on any atom is -0.363 e. The number of hydrogen-bond donors (Lipinski definition) is 1. The van der Waals surface area contributed by atoms with Gasteiger partial charge in [-0.1, -0.05) is 6.92 Å². The molecule has 0 fully saturated rings. The van der Waals surface area contributed by atoms with E-state index < -0.39 is 0 Å². The molecule has 1 amide bonds. The van der Waals surface area contributed by atoms with E-state index in [1.54, 1.807) is 0 Å². The molecule has 0 saturated carbocycles. The molecule has 15 heavy (non-hydrogen) atoms. The Morgan fingerprint density at radius 1 is 1.20 bits per heavy atom. The molecular formula is C12H25NO2. The van der Waals surface area contributed by atoms with E-state index in [-0.39, 0.29) is 23.2 Å². The predicted molar refractivity (Wildman–Crippen MR) is 62.8 cm³/mol. The van der Waals surface area contributed by atoms with E-state index in [1.807, 2.05) is 48.5 Å². The van der Waals surface area contributed by atoms with Crippen LogP contribution < -0.4 is 5.32 Å². The maximum absolute atomic E-state index is 11.8. The van der Waals surface area contributed by atoms with Crippen LogP contribution in [-0.2, 0) is 9.53 Å². The summed E-state index contributed by atoms with van der Waals surface area (Å²) >= 11 is 0. The zero-order chi connectivity index (χ0) is 12.3. The van der Waals surface area contributed by atoms with Crippen LogP contribution in [0.15, 0.2) is 0 Å². The molecule has 0 aromatic rings. The third-order valence-electron chi connectivity index (χ3n) is 1.66. The Morgan fingerprint density at radius 3 is 1.93 bits per heavy atom. The predicted octanol–water partition coefficient (Wildman–Crippen LogP) is 2.49. The number of nitrogens with one attached hydrogen (secondary N) is 1. The van der Waals surface area contributed by atoms with Gasteiger partial charge in [-0.15, -0.1) is 0 Å². The maximum atomic E-state index is 11.8. The van der Waals surface area contributed by atoms with Crippen molar-refractivity contribution >= 4 is 5.91 Å². The molecular weight excluding hydrogens is 190 g/mol. The summed E-state index contributed by atoms with van der Waals surface area (Å²) in [5.74, 6) is -0.0278. The molecule has 0 rings (SSSR count). The first-order valence-corrected chi connectivity index (χ1v) is 5.55. The van der Waals surface area contributed by atoms with Crippen molar-refractivity contribution in [1.82, 2.24) is 5.32 Å². The van der Waals surface area contributed by atoms with E-state index in [0.29, 0.717) is 6.42 Å². The van der Waals surface area contributed by atoms with Gasteiger partial charge in [0.15, 0.2) is 0 Å². The summed E-state index contributed by atoms with van der Waals surface area (Å²) in [6.45, 7) is 13.7. The minimum atomic E-state index is -0.357. The van der Waals surface area contributed by atoms with Crippen LogP contribution in [0.25, 0.3) is 0 Å². The van der Waals surface area contributed by atoms with E-state index in [1.165, 1.54) is 0 Å². The van der Waals surface area contributed by atoms with Gasteiger partial charge in [-0.25, -0.2) is 0 Å². The summed E-state index contributed by atoms with van der Waals surface area (Å²) in [6, 6.07) is 0. The SMILES string of the molecule is CCC(OC(C)(C)C)C(=O)NC(C)(C)C. The van der Waals surface area contributed by atoms with Crippen LogP contribution in [0.1, 0.15) is 54.9 Å². The molecule has 90 valence electrons. The molecule has 0 aliphatic rings. The first-order valence-electron chi connectivity index (χ1n) is 5.55. The van der Waals surface area contributed by atoms with Gasteiger partial charge in [-0.2, -0.15) is 0 Å². The van der Waals surface area contributed by atoms with Crippen LogP contribution in [0.4, 0.5) is 0 Å². The van der Waals surface area contributed by atoms with Crippen molar-refractivity contribution in [2.24, 2.45) is 0 Å². The molecule has 0 spiro atoms. The highest BCUT2D eigenvalue weighted by Crippen LogP contribution is 2.14. The van der Waals surface area contributed by atoms with Gasteiger partial charge in [0.2, 0.25) is 5.91 Å². The molecule has 0 saturated heterocycles. The Balaban J connectivity index is 4.36. The first kappa shape index (κ1) is 14.4. The molecule has 3 heteroatoms. The smallest absolute Gasteiger partial charge is 0.249 e. The number of rotatable bonds is 3. The fourth-order valence-corrected chi connectivity index (χ4v) is 1.20. The molecule has 0 aliphatic carbocycles. The Hall–Kier alpha value is -0.570. The summed E-state index contributed by atoms with van der Waals surface area (Å²) in [7, 11) is 0. The van der Waals surface area contributed by atoms with Crippen LogP contribution in [0.2, 0.25) is 0 Å². The van der Waals surface area contributed by atoms with Crippen molar-refractivity contribution in [3.8, 4) is 0 Å². The van der Waals surface area contributed by atoms with Crippen LogP contribution in [0.3, 0.4) is 0 Å². The van der Waals surface area contributed by atoms with Crippen molar-refractivity contribution in [3.05, 3.63) is 0 Å². The fraction of sp³-hybridized carbons (Fsp3) is 0.917. The fourth-order valence-electron chi connectivity index (χ4n) is 1.20. The molecule has 0 heterocycles. The third-order valence-corrected chi connectivity index (χ3v) is 1.66. The normalized spacial score (nSPS) is 14.9. The lowest BCUT2D eigenvalue weighted by atomic mass is 10.1. The standard InChI is InChI=1S/C12H25NO2/c1-8-9(15-12(5,6)7)10(14)13-11(2,3)4/h9H,8H2,1-7H3,(H,13,14). The second-order valence-corrected chi connectivity index (χ2v) is 5.87. The van der Waals surface area contributed by atoms with E-state index in [9.17, 15) is 4.79 Å². The first-order chi connectivity index (χ1) is 6.55. The highest BCUT2D eigenvalue weighted by Gasteiger charge is 2.26. The molecule has 0 aromatic carbocycles. The summed E-state index contributed by atoms with van der Waals surface area (Å²) in [5.41, 5.74) is -0.484. The van der Waals surface area contributed by atoms with E-state index in [2.05, 4.69) is 5.32 Å². The molecule has 0 aromatic heterocycles. The average Bonchev–Trinajstić information content (AvgIpc) is 1.94. The van der Waals surface area contributed by atoms with Gasteiger partial charge in [-0.3, -0.25) is 4.79 Å². The molecule has 1 atom stereocenters. The summed E-state index contributed by atoms with van der Waals surface area (Å²) in [5, 5.41) is 2.93. The lowest BCUT2D eigenvalue weighted by Crippen LogP contribution is -2.48. The van der Waals surface area contributed by atoms with Gasteiger partial charge in [0, 0.05) is 5.54 Å².